The number of methoxy groups -OCH3 is 1. The van der Waals surface area contributed by atoms with E-state index in [2.05, 4.69) is 39.2 Å². The summed E-state index contributed by atoms with van der Waals surface area (Å²) in [5.41, 5.74) is 0.0196. The van der Waals surface area contributed by atoms with Gasteiger partial charge in [0.05, 0.1) is 7.11 Å². The molecule has 0 aliphatic carbocycles. The van der Waals surface area contributed by atoms with E-state index in [0.29, 0.717) is 16.3 Å². The molecule has 0 fully saturated rings. The summed E-state index contributed by atoms with van der Waals surface area (Å²) in [5, 5.41) is 3.07. The maximum Gasteiger partial charge on any atom is 0.408 e. The van der Waals surface area contributed by atoms with Crippen LogP contribution in [-0.4, -0.2) is 39.1 Å². The number of carbonyl (C=O) groups excluding carboxylic acids is 2. The Morgan fingerprint density at radius 1 is 1.14 bits per heavy atom. The van der Waals surface area contributed by atoms with E-state index in [1.54, 1.807) is 32.9 Å². The number of carbonyl (C=O) groups is 2. The van der Waals surface area contributed by atoms with Crippen LogP contribution in [0.5, 0.6) is 5.75 Å². The van der Waals surface area contributed by atoms with Gasteiger partial charge < -0.3 is 19.2 Å². The Bertz CT molecular complexity index is 738. The van der Waals surface area contributed by atoms with Gasteiger partial charge in [0.2, 0.25) is 8.32 Å². The van der Waals surface area contributed by atoms with Crippen molar-refractivity contribution in [1.29, 1.82) is 0 Å². The summed E-state index contributed by atoms with van der Waals surface area (Å²) in [6.45, 7) is 16.1. The van der Waals surface area contributed by atoms with Gasteiger partial charge in [-0.1, -0.05) is 38.4 Å². The second-order valence-corrected chi connectivity index (χ2v) is 14.7. The predicted molar refractivity (Wildman–Crippen MR) is 118 cm³/mol. The number of halogens is 1. The Morgan fingerprint density at radius 2 is 1.72 bits per heavy atom. The van der Waals surface area contributed by atoms with Crippen LogP contribution in [0, 0.1) is 0 Å². The molecule has 0 spiro atoms. The predicted octanol–water partition coefficient (Wildman–Crippen LogP) is 5.33. The second kappa shape index (κ2) is 9.39. The fraction of sp³-hybridized carbons (Fsp3) is 0.619. The Kier molecular flexibility index (Phi) is 8.19. The van der Waals surface area contributed by atoms with Crippen molar-refractivity contribution in [3.05, 3.63) is 28.8 Å². The molecule has 6 nitrogen and oxygen atoms in total. The molecule has 0 aliphatic rings. The fourth-order valence-electron chi connectivity index (χ4n) is 2.21. The molecular formula is C21H34ClNO5Si. The highest BCUT2D eigenvalue weighted by Gasteiger charge is 2.39. The number of ether oxygens (including phenoxy) is 2. The molecule has 29 heavy (non-hydrogen) atoms. The quantitative estimate of drug-likeness (QED) is 0.474. The van der Waals surface area contributed by atoms with Crippen molar-refractivity contribution in [2.45, 2.75) is 77.7 Å². The van der Waals surface area contributed by atoms with Crippen molar-refractivity contribution in [2.24, 2.45) is 0 Å². The highest BCUT2D eigenvalue weighted by molar-refractivity contribution is 6.74. The molecule has 0 radical (unpaired) electrons. The van der Waals surface area contributed by atoms with Gasteiger partial charge in [-0.15, -0.1) is 0 Å². The minimum Gasteiger partial charge on any atom is -0.543 e. The summed E-state index contributed by atoms with van der Waals surface area (Å²) >= 11 is 6.45. The molecule has 0 saturated heterocycles. The highest BCUT2D eigenvalue weighted by atomic mass is 35.5. The largest absolute Gasteiger partial charge is 0.543 e. The van der Waals surface area contributed by atoms with Crippen molar-refractivity contribution in [1.82, 2.24) is 5.32 Å². The number of nitrogens with one attached hydrogen (secondary N) is 1. The Balaban J connectivity index is 2.98. The zero-order chi connectivity index (χ0) is 22.6. The van der Waals surface area contributed by atoms with E-state index in [1.165, 1.54) is 7.11 Å². The van der Waals surface area contributed by atoms with Gasteiger partial charge >= 0.3 is 12.1 Å². The zero-order valence-electron chi connectivity index (χ0n) is 18.9. The van der Waals surface area contributed by atoms with Crippen LogP contribution in [0.1, 0.15) is 47.1 Å². The lowest BCUT2D eigenvalue weighted by atomic mass is 10.1. The van der Waals surface area contributed by atoms with Gasteiger partial charge in [0.25, 0.3) is 0 Å². The first-order valence-corrected chi connectivity index (χ1v) is 12.9. The third-order valence-corrected chi connectivity index (χ3v) is 9.51. The molecule has 1 aromatic carbocycles. The third-order valence-electron chi connectivity index (χ3n) is 4.80. The van der Waals surface area contributed by atoms with Gasteiger partial charge in [-0.2, -0.15) is 0 Å². The Labute approximate surface area is 180 Å². The smallest absolute Gasteiger partial charge is 0.408 e. The monoisotopic (exact) mass is 443 g/mol. The molecule has 1 N–H and O–H groups in total. The summed E-state index contributed by atoms with van der Waals surface area (Å²) in [6.07, 6.45) is -0.521. The van der Waals surface area contributed by atoms with Crippen molar-refractivity contribution >= 4 is 32.0 Å². The number of hydrogen-bond donors (Lipinski definition) is 1. The molecule has 0 saturated carbocycles. The highest BCUT2D eigenvalue weighted by Crippen LogP contribution is 2.38. The van der Waals surface area contributed by atoms with Crippen LogP contribution in [0.25, 0.3) is 0 Å². The first-order chi connectivity index (χ1) is 13.1. The van der Waals surface area contributed by atoms with Crippen LogP contribution in [0.2, 0.25) is 23.2 Å². The van der Waals surface area contributed by atoms with Crippen LogP contribution in [-0.2, 0) is 20.7 Å². The van der Waals surface area contributed by atoms with Crippen LogP contribution in [0.15, 0.2) is 18.2 Å². The van der Waals surface area contributed by atoms with E-state index in [9.17, 15) is 9.59 Å². The molecule has 0 aliphatic heterocycles. The minimum absolute atomic E-state index is 0.0610. The third kappa shape index (κ3) is 7.89. The number of alkyl carbamates (subject to hydrolysis) is 1. The van der Waals surface area contributed by atoms with E-state index >= 15 is 0 Å². The first kappa shape index (κ1) is 25.3. The van der Waals surface area contributed by atoms with Crippen molar-refractivity contribution in [3.63, 3.8) is 0 Å². The molecule has 0 aromatic heterocycles. The van der Waals surface area contributed by atoms with Gasteiger partial charge in [0.15, 0.2) is 0 Å². The van der Waals surface area contributed by atoms with E-state index in [4.69, 9.17) is 25.5 Å². The average molecular weight is 444 g/mol. The summed E-state index contributed by atoms with van der Waals surface area (Å²) in [4.78, 5) is 24.2. The van der Waals surface area contributed by atoms with Crippen molar-refractivity contribution in [2.75, 3.05) is 7.11 Å². The lowest BCUT2D eigenvalue weighted by Crippen LogP contribution is -2.45. The maximum absolute atomic E-state index is 12.1. The maximum atomic E-state index is 12.1. The molecule has 164 valence electrons. The SMILES string of the molecule is COC(=O)[C@H](Cc1ccc(O[Si](C)(C)C(C)(C)C)cc1Cl)NC(=O)OC(C)(C)C. The minimum atomic E-state index is -1.99. The number of rotatable bonds is 6. The van der Waals surface area contributed by atoms with Gasteiger partial charge in [0.1, 0.15) is 17.4 Å². The van der Waals surface area contributed by atoms with Crippen LogP contribution < -0.4 is 9.74 Å². The number of benzene rings is 1. The molecule has 8 heteroatoms. The first-order valence-electron chi connectivity index (χ1n) is 9.60. The fourth-order valence-corrected chi connectivity index (χ4v) is 3.48. The van der Waals surface area contributed by atoms with E-state index in [0.717, 1.165) is 0 Å². The number of esters is 1. The van der Waals surface area contributed by atoms with Crippen molar-refractivity contribution in [3.8, 4) is 5.75 Å². The van der Waals surface area contributed by atoms with Gasteiger partial charge in [-0.05, 0) is 56.6 Å². The molecule has 1 aromatic rings. The lowest BCUT2D eigenvalue weighted by Gasteiger charge is -2.36. The summed E-state index contributed by atoms with van der Waals surface area (Å²) in [5.74, 6) is 0.119. The van der Waals surface area contributed by atoms with Crippen LogP contribution in [0.3, 0.4) is 0 Å². The number of hydrogen-bond acceptors (Lipinski definition) is 5. The molecule has 1 atom stereocenters. The van der Waals surface area contributed by atoms with Gasteiger partial charge in [0, 0.05) is 11.4 Å². The number of amides is 1. The van der Waals surface area contributed by atoms with Gasteiger partial charge in [-0.3, -0.25) is 0 Å². The Hall–Kier alpha value is -1.73. The average Bonchev–Trinajstić information content (AvgIpc) is 2.52. The molecule has 1 rings (SSSR count). The molecule has 0 heterocycles. The molecule has 0 unspecified atom stereocenters. The zero-order valence-corrected chi connectivity index (χ0v) is 20.7. The summed E-state index contributed by atoms with van der Waals surface area (Å²) in [7, 11) is -0.725. The van der Waals surface area contributed by atoms with E-state index < -0.39 is 32.0 Å². The molecular weight excluding hydrogens is 410 g/mol. The van der Waals surface area contributed by atoms with E-state index in [1.807, 2.05) is 6.07 Å². The summed E-state index contributed by atoms with van der Waals surface area (Å²) < 4.78 is 16.3. The topological polar surface area (TPSA) is 73.9 Å². The lowest BCUT2D eigenvalue weighted by molar-refractivity contribution is -0.143. The van der Waals surface area contributed by atoms with E-state index in [-0.39, 0.29) is 11.5 Å². The van der Waals surface area contributed by atoms with Gasteiger partial charge in [-0.25, -0.2) is 9.59 Å². The van der Waals surface area contributed by atoms with Crippen LogP contribution >= 0.6 is 11.6 Å². The van der Waals surface area contributed by atoms with Crippen LogP contribution in [0.4, 0.5) is 4.79 Å². The standard InChI is InChI=1S/C21H34ClNO5Si/c1-20(2,3)27-19(25)23-17(18(24)26-7)12-14-10-11-15(13-16(14)22)28-29(8,9)21(4,5)6/h10-11,13,17H,12H2,1-9H3,(H,23,25)/t17-/m0/s1. The molecule has 1 amide bonds. The summed E-state index contributed by atoms with van der Waals surface area (Å²) in [6, 6.07) is 4.47. The Morgan fingerprint density at radius 3 is 2.17 bits per heavy atom. The normalized spacial score (nSPS) is 13.4. The van der Waals surface area contributed by atoms with Crippen molar-refractivity contribution < 1.29 is 23.5 Å². The molecule has 0 bridgehead atoms. The second-order valence-electron chi connectivity index (χ2n) is 9.54.